The molecule has 1 atom stereocenters. The minimum Gasteiger partial charge on any atom is -0.333 e. The van der Waals surface area contributed by atoms with Crippen LogP contribution in [0.3, 0.4) is 0 Å². The van der Waals surface area contributed by atoms with E-state index in [4.69, 9.17) is 11.6 Å². The molecule has 0 bridgehead atoms. The summed E-state index contributed by atoms with van der Waals surface area (Å²) < 4.78 is 26.5. The number of benzene rings is 2. The normalized spacial score (nSPS) is 12.8. The maximum absolute atomic E-state index is 12.5. The highest BCUT2D eigenvalue weighted by Gasteiger charge is 2.22. The first-order valence-corrected chi connectivity index (χ1v) is 11.1. The molecule has 2 aromatic rings. The van der Waals surface area contributed by atoms with Crippen LogP contribution in [0.15, 0.2) is 53.4 Å². The first kappa shape index (κ1) is 22.4. The number of quaternary nitrogens is 1. The lowest BCUT2D eigenvalue weighted by molar-refractivity contribution is -0.682. The van der Waals surface area contributed by atoms with Crippen LogP contribution in [-0.4, -0.2) is 38.3 Å². The lowest BCUT2D eigenvalue weighted by atomic mass is 10.1. The Morgan fingerprint density at radius 3 is 2.29 bits per heavy atom. The average molecular weight is 425 g/mol. The lowest BCUT2D eigenvalue weighted by Crippen LogP contribution is -2.86. The second-order valence-corrected chi connectivity index (χ2v) is 8.76. The summed E-state index contributed by atoms with van der Waals surface area (Å²) in [7, 11) is -3.46. The molecular weight excluding hydrogens is 398 g/mol. The number of nitrogens with zero attached hydrogens (tertiary/aromatic N) is 1. The molecule has 0 unspecified atom stereocenters. The Morgan fingerprint density at radius 2 is 1.71 bits per heavy atom. The number of amides is 1. The third-order valence-electron chi connectivity index (χ3n) is 4.55. The van der Waals surface area contributed by atoms with Crippen LogP contribution in [0.2, 0.25) is 5.02 Å². The number of sulfonamides is 1. The second-order valence-electron chi connectivity index (χ2n) is 6.41. The monoisotopic (exact) mass is 424 g/mol. The Bertz CT molecular complexity index is 897. The molecule has 6 nitrogen and oxygen atoms in total. The van der Waals surface area contributed by atoms with Gasteiger partial charge in [-0.3, -0.25) is 4.79 Å². The fourth-order valence-corrected chi connectivity index (χ4v) is 4.48. The molecule has 2 aromatic carbocycles. The third kappa shape index (κ3) is 5.54. The number of anilines is 1. The number of carbonyl (C=O) groups excluding carboxylic acids is 1. The summed E-state index contributed by atoms with van der Waals surface area (Å²) in [5.41, 5.74) is 1.53. The highest BCUT2D eigenvalue weighted by molar-refractivity contribution is 7.89. The SMILES string of the molecule is CCN(CC)S(=O)(=O)c1ccc([C@H](C)[NH2+]CC(=O)Nc2ccccc2Cl)cc1. The average Bonchev–Trinajstić information content (AvgIpc) is 2.68. The van der Waals surface area contributed by atoms with E-state index >= 15 is 0 Å². The molecule has 0 heterocycles. The first-order chi connectivity index (χ1) is 13.3. The number of hydrogen-bond donors (Lipinski definition) is 2. The molecule has 0 fully saturated rings. The molecular formula is C20H27ClN3O3S+. The molecule has 3 N–H and O–H groups in total. The highest BCUT2D eigenvalue weighted by atomic mass is 35.5. The van der Waals surface area contributed by atoms with Gasteiger partial charge >= 0.3 is 0 Å². The number of hydrogen-bond acceptors (Lipinski definition) is 3. The molecule has 8 heteroatoms. The molecule has 0 aromatic heterocycles. The van der Waals surface area contributed by atoms with Crippen LogP contribution in [0.1, 0.15) is 32.4 Å². The Balaban J connectivity index is 1.97. The molecule has 28 heavy (non-hydrogen) atoms. The quantitative estimate of drug-likeness (QED) is 0.649. The van der Waals surface area contributed by atoms with Crippen LogP contribution in [-0.2, 0) is 14.8 Å². The number of carbonyl (C=O) groups is 1. The van der Waals surface area contributed by atoms with Crippen molar-refractivity contribution in [2.75, 3.05) is 25.0 Å². The lowest BCUT2D eigenvalue weighted by Gasteiger charge is -2.19. The maximum atomic E-state index is 12.5. The van der Waals surface area contributed by atoms with E-state index in [-0.39, 0.29) is 23.4 Å². The van der Waals surface area contributed by atoms with Crippen LogP contribution < -0.4 is 10.6 Å². The minimum atomic E-state index is -3.46. The van der Waals surface area contributed by atoms with Crippen molar-refractivity contribution in [3.05, 3.63) is 59.1 Å². The largest absolute Gasteiger partial charge is 0.333 e. The predicted octanol–water partition coefficient (Wildman–Crippen LogP) is 2.63. The van der Waals surface area contributed by atoms with Crippen molar-refractivity contribution in [3.8, 4) is 0 Å². The summed E-state index contributed by atoms with van der Waals surface area (Å²) in [6.07, 6.45) is 0. The summed E-state index contributed by atoms with van der Waals surface area (Å²) in [5, 5.41) is 5.17. The van der Waals surface area contributed by atoms with Crippen molar-refractivity contribution in [1.29, 1.82) is 0 Å². The van der Waals surface area contributed by atoms with Crippen LogP contribution in [0.25, 0.3) is 0 Å². The number of nitrogens with two attached hydrogens (primary N) is 1. The molecule has 2 rings (SSSR count). The Kier molecular flexibility index (Phi) is 8.00. The van der Waals surface area contributed by atoms with Crippen LogP contribution >= 0.6 is 11.6 Å². The van der Waals surface area contributed by atoms with Crippen molar-refractivity contribution < 1.29 is 18.5 Å². The Morgan fingerprint density at radius 1 is 1.11 bits per heavy atom. The number of para-hydroxylation sites is 1. The van der Waals surface area contributed by atoms with Gasteiger partial charge in [0.2, 0.25) is 10.0 Å². The van der Waals surface area contributed by atoms with E-state index in [9.17, 15) is 13.2 Å². The fraction of sp³-hybridized carbons (Fsp3) is 0.350. The molecule has 0 aliphatic rings. The van der Waals surface area contributed by atoms with E-state index < -0.39 is 10.0 Å². The van der Waals surface area contributed by atoms with E-state index in [1.807, 2.05) is 32.2 Å². The highest BCUT2D eigenvalue weighted by Crippen LogP contribution is 2.20. The molecule has 0 radical (unpaired) electrons. The van der Waals surface area contributed by atoms with E-state index in [0.29, 0.717) is 23.8 Å². The maximum Gasteiger partial charge on any atom is 0.279 e. The molecule has 0 saturated carbocycles. The smallest absolute Gasteiger partial charge is 0.279 e. The van der Waals surface area contributed by atoms with Gasteiger partial charge in [-0.05, 0) is 31.2 Å². The van der Waals surface area contributed by atoms with E-state index in [2.05, 4.69) is 5.32 Å². The van der Waals surface area contributed by atoms with Gasteiger partial charge < -0.3 is 10.6 Å². The summed E-state index contributed by atoms with van der Waals surface area (Å²) in [6.45, 7) is 6.71. The van der Waals surface area contributed by atoms with Crippen LogP contribution in [0, 0.1) is 0 Å². The van der Waals surface area contributed by atoms with E-state index in [1.165, 1.54) is 4.31 Å². The van der Waals surface area contributed by atoms with E-state index in [0.717, 1.165) is 5.56 Å². The third-order valence-corrected chi connectivity index (χ3v) is 6.95. The van der Waals surface area contributed by atoms with Crippen molar-refractivity contribution in [1.82, 2.24) is 4.31 Å². The fourth-order valence-electron chi connectivity index (χ4n) is 2.84. The zero-order valence-electron chi connectivity index (χ0n) is 16.4. The van der Waals surface area contributed by atoms with Gasteiger partial charge in [-0.15, -0.1) is 0 Å². The molecule has 0 aliphatic heterocycles. The summed E-state index contributed by atoms with van der Waals surface area (Å²) in [6, 6.07) is 13.9. The van der Waals surface area contributed by atoms with Crippen molar-refractivity contribution in [3.63, 3.8) is 0 Å². The van der Waals surface area contributed by atoms with Gasteiger partial charge in [-0.2, -0.15) is 4.31 Å². The van der Waals surface area contributed by atoms with Crippen molar-refractivity contribution in [2.45, 2.75) is 31.7 Å². The van der Waals surface area contributed by atoms with Gasteiger partial charge in [0.1, 0.15) is 6.04 Å². The molecule has 152 valence electrons. The minimum absolute atomic E-state index is 0.00204. The van der Waals surface area contributed by atoms with Gasteiger partial charge in [0, 0.05) is 18.7 Å². The van der Waals surface area contributed by atoms with Gasteiger partial charge in [0.25, 0.3) is 5.91 Å². The summed E-state index contributed by atoms with van der Waals surface area (Å²) in [4.78, 5) is 12.4. The zero-order valence-corrected chi connectivity index (χ0v) is 17.9. The van der Waals surface area contributed by atoms with Crippen molar-refractivity contribution >= 4 is 33.2 Å². The number of rotatable bonds is 9. The standard InChI is InChI=1S/C20H26ClN3O3S/c1-4-24(5-2)28(26,27)17-12-10-16(11-13-17)15(3)22-14-20(25)23-19-9-7-6-8-18(19)21/h6-13,15,22H,4-5,14H2,1-3H3,(H,23,25)/p+1/t15-/m0/s1. The van der Waals surface area contributed by atoms with Crippen LogP contribution in [0.4, 0.5) is 5.69 Å². The molecule has 0 spiro atoms. The summed E-state index contributed by atoms with van der Waals surface area (Å²) >= 11 is 6.04. The predicted molar refractivity (Wildman–Crippen MR) is 112 cm³/mol. The molecule has 0 saturated heterocycles. The number of halogens is 1. The second kappa shape index (κ2) is 10.0. The first-order valence-electron chi connectivity index (χ1n) is 9.27. The van der Waals surface area contributed by atoms with Gasteiger partial charge in [-0.1, -0.05) is 49.7 Å². The Labute approximate surface area is 171 Å². The van der Waals surface area contributed by atoms with Crippen molar-refractivity contribution in [2.24, 2.45) is 0 Å². The Hall–Kier alpha value is -1.93. The van der Waals surface area contributed by atoms with Crippen LogP contribution in [0.5, 0.6) is 0 Å². The van der Waals surface area contributed by atoms with Gasteiger partial charge in [0.15, 0.2) is 6.54 Å². The summed E-state index contributed by atoms with van der Waals surface area (Å²) in [5.74, 6) is -0.152. The number of nitrogens with one attached hydrogen (secondary N) is 1. The van der Waals surface area contributed by atoms with E-state index in [1.54, 1.807) is 42.5 Å². The van der Waals surface area contributed by atoms with Gasteiger partial charge in [-0.25, -0.2) is 8.42 Å². The molecule has 1 amide bonds. The topological polar surface area (TPSA) is 83.1 Å². The zero-order chi connectivity index (χ0) is 20.7. The van der Waals surface area contributed by atoms with Gasteiger partial charge in [0.05, 0.1) is 15.6 Å². The molecule has 0 aliphatic carbocycles.